The molecular weight excluding hydrogens is 300 g/mol. The van der Waals surface area contributed by atoms with Crippen molar-refractivity contribution in [3.05, 3.63) is 100.0 Å². The molecular formula is C25H22. The lowest BCUT2D eigenvalue weighted by Gasteiger charge is -2.09. The molecule has 0 unspecified atom stereocenters. The van der Waals surface area contributed by atoms with Gasteiger partial charge in [-0.3, -0.25) is 0 Å². The van der Waals surface area contributed by atoms with E-state index in [2.05, 4.69) is 98.0 Å². The smallest absolute Gasteiger partial charge is 0.00324 e. The minimum atomic E-state index is 1.13. The van der Waals surface area contributed by atoms with Crippen LogP contribution < -0.4 is 10.4 Å². The molecule has 3 aromatic rings. The molecule has 122 valence electrons. The quantitative estimate of drug-likeness (QED) is 0.454. The van der Waals surface area contributed by atoms with Gasteiger partial charge < -0.3 is 0 Å². The number of allylic oxidation sites excluding steroid dienone is 3. The Morgan fingerprint density at radius 3 is 2.48 bits per heavy atom. The van der Waals surface area contributed by atoms with Gasteiger partial charge >= 0.3 is 0 Å². The Labute approximate surface area is 149 Å². The average molecular weight is 322 g/mol. The van der Waals surface area contributed by atoms with Crippen LogP contribution in [0.25, 0.3) is 29.0 Å². The molecule has 0 heterocycles. The van der Waals surface area contributed by atoms with E-state index >= 15 is 0 Å². The van der Waals surface area contributed by atoms with Crippen molar-refractivity contribution in [2.45, 2.75) is 19.8 Å². The Bertz CT molecular complexity index is 1090. The highest BCUT2D eigenvalue weighted by atomic mass is 14.1. The number of hydrogen-bond donors (Lipinski definition) is 0. The second-order valence-corrected chi connectivity index (χ2v) is 6.51. The minimum absolute atomic E-state index is 1.13. The summed E-state index contributed by atoms with van der Waals surface area (Å²) in [4.78, 5) is 0. The fourth-order valence-electron chi connectivity index (χ4n) is 3.47. The molecule has 0 fully saturated rings. The van der Waals surface area contributed by atoms with Crippen LogP contribution in [0, 0.1) is 0 Å². The van der Waals surface area contributed by atoms with E-state index in [1.165, 1.54) is 44.3 Å². The van der Waals surface area contributed by atoms with Gasteiger partial charge in [-0.25, -0.2) is 0 Å². The van der Waals surface area contributed by atoms with Gasteiger partial charge in [-0.05, 0) is 56.5 Å². The van der Waals surface area contributed by atoms with Crippen molar-refractivity contribution >= 4 is 29.0 Å². The third kappa shape index (κ3) is 3.08. The zero-order valence-corrected chi connectivity index (χ0v) is 14.6. The Balaban J connectivity index is 1.95. The summed E-state index contributed by atoms with van der Waals surface area (Å²) >= 11 is 0. The second kappa shape index (κ2) is 6.94. The largest absolute Gasteiger partial charge is 0.0845 e. The first-order valence-corrected chi connectivity index (χ1v) is 9.04. The summed E-state index contributed by atoms with van der Waals surface area (Å²) in [5.74, 6) is 0. The van der Waals surface area contributed by atoms with Crippen LogP contribution in [-0.4, -0.2) is 0 Å². The van der Waals surface area contributed by atoms with Crippen molar-refractivity contribution in [3.8, 4) is 0 Å². The minimum Gasteiger partial charge on any atom is -0.0845 e. The van der Waals surface area contributed by atoms with Crippen LogP contribution in [0.1, 0.15) is 36.5 Å². The Morgan fingerprint density at radius 1 is 0.800 bits per heavy atom. The van der Waals surface area contributed by atoms with Crippen molar-refractivity contribution in [1.29, 1.82) is 0 Å². The van der Waals surface area contributed by atoms with Gasteiger partial charge in [0, 0.05) is 0 Å². The van der Waals surface area contributed by atoms with Gasteiger partial charge in [0.1, 0.15) is 0 Å². The van der Waals surface area contributed by atoms with E-state index in [1.807, 2.05) is 0 Å². The number of rotatable bonds is 4. The van der Waals surface area contributed by atoms with Crippen LogP contribution in [0.2, 0.25) is 0 Å². The van der Waals surface area contributed by atoms with E-state index in [-0.39, 0.29) is 0 Å². The summed E-state index contributed by atoms with van der Waals surface area (Å²) in [5, 5.41) is 5.20. The van der Waals surface area contributed by atoms with Crippen LogP contribution in [0.15, 0.2) is 72.8 Å². The molecule has 1 aliphatic rings. The molecule has 0 atom stereocenters. The van der Waals surface area contributed by atoms with Crippen LogP contribution >= 0.6 is 0 Å². The van der Waals surface area contributed by atoms with E-state index in [9.17, 15) is 0 Å². The first-order valence-electron chi connectivity index (χ1n) is 9.04. The highest BCUT2D eigenvalue weighted by Gasteiger charge is 2.09. The molecule has 0 saturated carbocycles. The molecule has 0 amide bonds. The van der Waals surface area contributed by atoms with Gasteiger partial charge in [0.05, 0.1) is 0 Å². The number of benzene rings is 3. The maximum atomic E-state index is 2.33. The molecule has 0 heteroatoms. The molecule has 0 saturated heterocycles. The normalized spacial score (nSPS) is 12.8. The van der Waals surface area contributed by atoms with Crippen LogP contribution in [-0.2, 0) is 0 Å². The van der Waals surface area contributed by atoms with Crippen LogP contribution in [0.4, 0.5) is 0 Å². The van der Waals surface area contributed by atoms with E-state index in [4.69, 9.17) is 0 Å². The highest BCUT2D eigenvalue weighted by molar-refractivity contribution is 6.00. The van der Waals surface area contributed by atoms with Gasteiger partial charge in [-0.15, -0.1) is 0 Å². The van der Waals surface area contributed by atoms with Gasteiger partial charge in [-0.2, -0.15) is 0 Å². The molecule has 0 N–H and O–H groups in total. The van der Waals surface area contributed by atoms with Gasteiger partial charge in [0.2, 0.25) is 0 Å². The molecule has 3 aromatic carbocycles. The molecule has 4 rings (SSSR count). The van der Waals surface area contributed by atoms with Crippen molar-refractivity contribution in [2.24, 2.45) is 0 Å². The van der Waals surface area contributed by atoms with E-state index in [0.717, 1.165) is 6.42 Å². The maximum Gasteiger partial charge on any atom is -0.00324 e. The summed E-state index contributed by atoms with van der Waals surface area (Å²) in [7, 11) is 0. The van der Waals surface area contributed by atoms with Crippen molar-refractivity contribution in [2.75, 3.05) is 0 Å². The molecule has 0 aliphatic heterocycles. The zero-order valence-electron chi connectivity index (χ0n) is 14.6. The van der Waals surface area contributed by atoms with Crippen LogP contribution in [0.3, 0.4) is 0 Å². The topological polar surface area (TPSA) is 0 Å². The summed E-state index contributed by atoms with van der Waals surface area (Å²) in [6.07, 6.45) is 15.7. The third-order valence-corrected chi connectivity index (χ3v) is 4.74. The number of fused-ring (bicyclic) bond motifs is 1. The Hall–Kier alpha value is -2.86. The molecule has 0 radical (unpaired) electrons. The molecule has 0 nitrogen and oxygen atoms in total. The molecule has 1 aliphatic carbocycles. The summed E-state index contributed by atoms with van der Waals surface area (Å²) in [5.41, 5.74) is 3.88. The summed E-state index contributed by atoms with van der Waals surface area (Å²) in [6.45, 7) is 2.20. The molecule has 25 heavy (non-hydrogen) atoms. The molecule has 0 bridgehead atoms. The SMILES string of the molecule is CCCC=CC=Cc1ccc2cccc3c2c1C=c1ccccc1=C3. The Morgan fingerprint density at radius 2 is 1.64 bits per heavy atom. The highest BCUT2D eigenvalue weighted by Crippen LogP contribution is 2.29. The zero-order chi connectivity index (χ0) is 17.1. The summed E-state index contributed by atoms with van der Waals surface area (Å²) in [6, 6.07) is 19.6. The fourth-order valence-corrected chi connectivity index (χ4v) is 3.47. The van der Waals surface area contributed by atoms with Crippen molar-refractivity contribution in [1.82, 2.24) is 0 Å². The maximum absolute atomic E-state index is 2.33. The third-order valence-electron chi connectivity index (χ3n) is 4.74. The standard InChI is InChI=1S/C25H22/c1-2-3-4-5-6-10-19-15-16-20-13-9-14-23-17-21-11-7-8-12-22(21)18-24(19)25(20)23/h4-18H,2-3H2,1H3. The van der Waals surface area contributed by atoms with Gasteiger partial charge in [0.15, 0.2) is 0 Å². The van der Waals surface area contributed by atoms with E-state index in [0.29, 0.717) is 0 Å². The van der Waals surface area contributed by atoms with Crippen molar-refractivity contribution < 1.29 is 0 Å². The van der Waals surface area contributed by atoms with Gasteiger partial charge in [0.25, 0.3) is 0 Å². The predicted molar refractivity (Wildman–Crippen MR) is 110 cm³/mol. The predicted octanol–water partition coefficient (Wildman–Crippen LogP) is 5.18. The van der Waals surface area contributed by atoms with Crippen LogP contribution in [0.5, 0.6) is 0 Å². The fraction of sp³-hybridized carbons (Fsp3) is 0.120. The van der Waals surface area contributed by atoms with Gasteiger partial charge in [-0.1, -0.05) is 92.2 Å². The molecule has 0 aromatic heterocycles. The van der Waals surface area contributed by atoms with E-state index in [1.54, 1.807) is 0 Å². The Kier molecular flexibility index (Phi) is 4.35. The second-order valence-electron chi connectivity index (χ2n) is 6.51. The summed E-state index contributed by atoms with van der Waals surface area (Å²) < 4.78 is 0. The first-order chi connectivity index (χ1) is 12.4. The number of hydrogen-bond acceptors (Lipinski definition) is 0. The lowest BCUT2D eigenvalue weighted by Crippen LogP contribution is -2.23. The molecule has 0 spiro atoms. The monoisotopic (exact) mass is 322 g/mol. The lowest BCUT2D eigenvalue weighted by atomic mass is 9.95. The average Bonchev–Trinajstić information content (AvgIpc) is 2.81. The first kappa shape index (κ1) is 15.7. The lowest BCUT2D eigenvalue weighted by molar-refractivity contribution is 0.959. The van der Waals surface area contributed by atoms with E-state index < -0.39 is 0 Å². The van der Waals surface area contributed by atoms with Crippen molar-refractivity contribution in [3.63, 3.8) is 0 Å². The number of unbranched alkanes of at least 4 members (excludes halogenated alkanes) is 1.